The van der Waals surface area contributed by atoms with Gasteiger partial charge in [0.2, 0.25) is 0 Å². The molecule has 0 aliphatic carbocycles. The number of aromatic carboxylic acids is 1. The summed E-state index contributed by atoms with van der Waals surface area (Å²) in [6.45, 7) is 0. The van der Waals surface area contributed by atoms with Crippen LogP contribution in [0.1, 0.15) is 10.4 Å². The molecule has 3 aromatic carbocycles. The number of para-hydroxylation sites is 1. The third-order valence-corrected chi connectivity index (χ3v) is 5.33. The molecule has 0 aromatic heterocycles. The Morgan fingerprint density at radius 2 is 1.40 bits per heavy atom. The topological polar surface area (TPSA) is 78.8 Å². The maximum Gasteiger partial charge on any atom is 0.337 e. The fourth-order valence-corrected chi connectivity index (χ4v) is 3.96. The number of rotatable bonds is 5. The summed E-state index contributed by atoms with van der Waals surface area (Å²) in [5.74, 6) is -1.12. The first-order chi connectivity index (χ1) is 12.1. The summed E-state index contributed by atoms with van der Waals surface area (Å²) in [5, 5.41) is 9.35. The molecule has 5 nitrogen and oxygen atoms in total. The van der Waals surface area contributed by atoms with Crippen molar-refractivity contribution in [1.82, 2.24) is 0 Å². The van der Waals surface area contributed by atoms with Crippen LogP contribution in [0.3, 0.4) is 0 Å². The van der Waals surface area contributed by atoms with E-state index in [1.807, 2.05) is 24.3 Å². The molecule has 0 heterocycles. The van der Waals surface area contributed by atoms with Crippen LogP contribution < -0.4 is 4.72 Å². The summed E-state index contributed by atoms with van der Waals surface area (Å²) in [5.41, 5.74) is 0.793. The highest BCUT2D eigenvalue weighted by Crippen LogP contribution is 2.26. The standard InChI is InChI=1S/C19H16N2O3S/c22-19(23)17-13-7-8-14-18(17)21-25(24,16-11-5-2-6-12-16)20-15-9-3-1-4-10-15/h1-14H,(H,22,23)(H,20,21,24). The van der Waals surface area contributed by atoms with Gasteiger partial charge in [0, 0.05) is 5.69 Å². The Labute approximate surface area is 146 Å². The molecule has 6 heteroatoms. The number of carboxylic acid groups (broad SMARTS) is 1. The molecule has 0 aliphatic rings. The summed E-state index contributed by atoms with van der Waals surface area (Å²) >= 11 is 0. The number of nitrogens with one attached hydrogen (secondary N) is 1. The second-order valence-electron chi connectivity index (χ2n) is 5.22. The Morgan fingerprint density at radius 1 is 0.840 bits per heavy atom. The van der Waals surface area contributed by atoms with Gasteiger partial charge in [-0.15, -0.1) is 0 Å². The van der Waals surface area contributed by atoms with Crippen LogP contribution in [0.4, 0.5) is 11.4 Å². The Bertz CT molecular complexity index is 995. The fraction of sp³-hybridized carbons (Fsp3) is 0. The van der Waals surface area contributed by atoms with Crippen LogP contribution in [0.2, 0.25) is 0 Å². The van der Waals surface area contributed by atoms with Crippen LogP contribution in [-0.4, -0.2) is 15.3 Å². The van der Waals surface area contributed by atoms with Gasteiger partial charge in [0.25, 0.3) is 0 Å². The Morgan fingerprint density at radius 3 is 2.04 bits per heavy atom. The van der Waals surface area contributed by atoms with E-state index in [4.69, 9.17) is 0 Å². The molecule has 0 bridgehead atoms. The predicted octanol–water partition coefficient (Wildman–Crippen LogP) is 4.57. The number of benzene rings is 3. The molecule has 0 amide bonds. The summed E-state index contributed by atoms with van der Waals surface area (Å²) in [6.07, 6.45) is 0. The molecule has 0 radical (unpaired) electrons. The maximum absolute atomic E-state index is 13.6. The van der Waals surface area contributed by atoms with E-state index < -0.39 is 15.9 Å². The van der Waals surface area contributed by atoms with Gasteiger partial charge in [0.1, 0.15) is 0 Å². The molecule has 1 atom stereocenters. The van der Waals surface area contributed by atoms with E-state index >= 15 is 0 Å². The van der Waals surface area contributed by atoms with Crippen molar-refractivity contribution in [2.75, 3.05) is 4.72 Å². The third kappa shape index (κ3) is 3.87. The molecule has 25 heavy (non-hydrogen) atoms. The van der Waals surface area contributed by atoms with Crippen LogP contribution in [-0.2, 0) is 9.92 Å². The SMILES string of the molecule is O=C(O)c1ccccc1N=S(=O)(Nc1ccccc1)c1ccccc1. The molecule has 0 spiro atoms. The highest BCUT2D eigenvalue weighted by Gasteiger charge is 2.16. The molecule has 3 aromatic rings. The minimum absolute atomic E-state index is 0.000942. The molecule has 3 rings (SSSR count). The molecular formula is C19H16N2O3S. The second kappa shape index (κ2) is 7.19. The number of anilines is 1. The van der Waals surface area contributed by atoms with E-state index in [1.54, 1.807) is 54.6 Å². The van der Waals surface area contributed by atoms with E-state index in [9.17, 15) is 14.1 Å². The Hall–Kier alpha value is -3.12. The van der Waals surface area contributed by atoms with Gasteiger partial charge in [-0.3, -0.25) is 4.72 Å². The van der Waals surface area contributed by atoms with Gasteiger partial charge in [0.15, 0.2) is 9.92 Å². The number of carboxylic acids is 1. The number of hydrogen-bond donors (Lipinski definition) is 2. The lowest BCUT2D eigenvalue weighted by atomic mass is 10.2. The van der Waals surface area contributed by atoms with Crippen LogP contribution in [0.5, 0.6) is 0 Å². The summed E-state index contributed by atoms with van der Waals surface area (Å²) in [6, 6.07) is 24.0. The minimum Gasteiger partial charge on any atom is -0.478 e. The highest BCUT2D eigenvalue weighted by atomic mass is 32.2. The number of hydrogen-bond acceptors (Lipinski definition) is 3. The lowest BCUT2D eigenvalue weighted by Crippen LogP contribution is -2.13. The van der Waals surface area contributed by atoms with Gasteiger partial charge in [-0.25, -0.2) is 9.00 Å². The van der Waals surface area contributed by atoms with Crippen LogP contribution in [0, 0.1) is 0 Å². The molecule has 0 fully saturated rings. The molecule has 1 unspecified atom stereocenters. The van der Waals surface area contributed by atoms with Gasteiger partial charge in [-0.1, -0.05) is 48.5 Å². The normalized spacial score (nSPS) is 12.8. The van der Waals surface area contributed by atoms with Gasteiger partial charge in [-0.2, -0.15) is 4.36 Å². The van der Waals surface area contributed by atoms with Crippen molar-refractivity contribution in [3.63, 3.8) is 0 Å². The first kappa shape index (κ1) is 16.7. The van der Waals surface area contributed by atoms with Crippen LogP contribution in [0.25, 0.3) is 0 Å². The van der Waals surface area contributed by atoms with E-state index in [2.05, 4.69) is 9.08 Å². The van der Waals surface area contributed by atoms with E-state index in [1.165, 1.54) is 6.07 Å². The molecule has 0 saturated heterocycles. The fourth-order valence-electron chi connectivity index (χ4n) is 2.28. The summed E-state index contributed by atoms with van der Waals surface area (Å²) in [4.78, 5) is 11.9. The first-order valence-corrected chi connectivity index (χ1v) is 9.07. The lowest BCUT2D eigenvalue weighted by Gasteiger charge is -2.14. The van der Waals surface area contributed by atoms with Crippen molar-refractivity contribution in [3.8, 4) is 0 Å². The third-order valence-electron chi connectivity index (χ3n) is 3.45. The quantitative estimate of drug-likeness (QED) is 0.706. The lowest BCUT2D eigenvalue weighted by molar-refractivity contribution is 0.0698. The van der Waals surface area contributed by atoms with Crippen molar-refractivity contribution in [3.05, 3.63) is 90.5 Å². The molecule has 126 valence electrons. The van der Waals surface area contributed by atoms with Crippen LogP contribution in [0.15, 0.2) is 94.2 Å². The summed E-state index contributed by atoms with van der Waals surface area (Å²) < 4.78 is 20.9. The smallest absolute Gasteiger partial charge is 0.337 e. The molecule has 0 saturated carbocycles. The van der Waals surface area contributed by atoms with Gasteiger partial charge < -0.3 is 5.11 Å². The van der Waals surface area contributed by atoms with E-state index in [0.717, 1.165) is 0 Å². The zero-order valence-corrected chi connectivity index (χ0v) is 14.0. The van der Waals surface area contributed by atoms with Crippen molar-refractivity contribution in [2.24, 2.45) is 4.36 Å². The van der Waals surface area contributed by atoms with Gasteiger partial charge >= 0.3 is 5.97 Å². The van der Waals surface area contributed by atoms with Crippen molar-refractivity contribution >= 4 is 27.3 Å². The van der Waals surface area contributed by atoms with E-state index in [-0.39, 0.29) is 11.3 Å². The first-order valence-electron chi connectivity index (χ1n) is 7.56. The zero-order valence-electron chi connectivity index (χ0n) is 13.2. The monoisotopic (exact) mass is 352 g/mol. The van der Waals surface area contributed by atoms with Gasteiger partial charge in [-0.05, 0) is 36.4 Å². The summed E-state index contributed by atoms with van der Waals surface area (Å²) in [7, 11) is -3.12. The number of nitrogens with zero attached hydrogens (tertiary/aromatic N) is 1. The molecular weight excluding hydrogens is 336 g/mol. The van der Waals surface area contributed by atoms with Gasteiger partial charge in [0.05, 0.1) is 16.1 Å². The van der Waals surface area contributed by atoms with E-state index in [0.29, 0.717) is 10.6 Å². The number of carbonyl (C=O) groups is 1. The predicted molar refractivity (Wildman–Crippen MR) is 98.4 cm³/mol. The maximum atomic E-state index is 13.6. The minimum atomic E-state index is -3.12. The highest BCUT2D eigenvalue weighted by molar-refractivity contribution is 7.95. The Balaban J connectivity index is 2.19. The largest absolute Gasteiger partial charge is 0.478 e. The molecule has 2 N–H and O–H groups in total. The molecule has 0 aliphatic heterocycles. The average molecular weight is 352 g/mol. The Kier molecular flexibility index (Phi) is 4.81. The van der Waals surface area contributed by atoms with Crippen molar-refractivity contribution in [1.29, 1.82) is 0 Å². The van der Waals surface area contributed by atoms with Crippen molar-refractivity contribution in [2.45, 2.75) is 4.90 Å². The average Bonchev–Trinajstić information content (AvgIpc) is 2.63. The van der Waals surface area contributed by atoms with Crippen molar-refractivity contribution < 1.29 is 14.1 Å². The zero-order chi connectivity index (χ0) is 17.7. The van der Waals surface area contributed by atoms with Crippen LogP contribution >= 0.6 is 0 Å². The second-order valence-corrected chi connectivity index (χ2v) is 7.13.